The third-order valence-corrected chi connectivity index (χ3v) is 2.10. The van der Waals surface area contributed by atoms with Crippen molar-refractivity contribution in [1.29, 1.82) is 0 Å². The Bertz CT molecular complexity index is 339. The molecule has 3 nitrogen and oxygen atoms in total. The predicted octanol–water partition coefficient (Wildman–Crippen LogP) is 1.70. The topological polar surface area (TPSA) is 33.2 Å². The first-order chi connectivity index (χ1) is 6.54. The van der Waals surface area contributed by atoms with Crippen molar-refractivity contribution < 1.29 is 9.18 Å². The van der Waals surface area contributed by atoms with Crippen LogP contribution in [-0.4, -0.2) is 28.9 Å². The number of hydrogen-bond acceptors (Lipinski definition) is 2. The first-order valence-electron chi connectivity index (χ1n) is 4.40. The lowest BCUT2D eigenvalue weighted by molar-refractivity contribution is 0.0750. The van der Waals surface area contributed by atoms with Gasteiger partial charge >= 0.3 is 0 Å². The molecule has 0 radical (unpaired) electrons. The highest BCUT2D eigenvalue weighted by Crippen LogP contribution is 2.09. The molecule has 0 fully saturated rings. The van der Waals surface area contributed by atoms with Crippen LogP contribution in [0.3, 0.4) is 0 Å². The molecule has 0 saturated carbocycles. The number of carbonyl (C=O) groups is 1. The van der Waals surface area contributed by atoms with E-state index in [0.29, 0.717) is 0 Å². The molecule has 0 atom stereocenters. The Labute approximate surface area is 82.6 Å². The molecule has 1 aromatic heterocycles. The highest BCUT2D eigenvalue weighted by molar-refractivity contribution is 5.94. The minimum absolute atomic E-state index is 0.0510. The summed E-state index contributed by atoms with van der Waals surface area (Å²) < 4.78 is 13.2. The number of rotatable bonds is 2. The lowest BCUT2D eigenvalue weighted by Gasteiger charge is -2.21. The summed E-state index contributed by atoms with van der Waals surface area (Å²) in [6.45, 7) is 3.74. The summed E-state index contributed by atoms with van der Waals surface area (Å²) in [5, 5.41) is 0. The van der Waals surface area contributed by atoms with Gasteiger partial charge in [-0.25, -0.2) is 4.39 Å². The number of halogens is 1. The zero-order chi connectivity index (χ0) is 10.7. The molecule has 76 valence electrons. The van der Waals surface area contributed by atoms with Crippen molar-refractivity contribution in [3.63, 3.8) is 0 Å². The van der Waals surface area contributed by atoms with Gasteiger partial charge in [-0.15, -0.1) is 0 Å². The number of amides is 1. The maximum absolute atomic E-state index is 13.2. The molecule has 0 unspecified atom stereocenters. The van der Waals surface area contributed by atoms with Crippen LogP contribution in [0.15, 0.2) is 18.5 Å². The maximum atomic E-state index is 13.2. The molecule has 1 rings (SSSR count). The second kappa shape index (κ2) is 4.17. The second-order valence-corrected chi connectivity index (χ2v) is 3.37. The molecule has 4 heteroatoms. The molecule has 1 aromatic rings. The van der Waals surface area contributed by atoms with Gasteiger partial charge in [0.2, 0.25) is 0 Å². The summed E-state index contributed by atoms with van der Waals surface area (Å²) in [6, 6.07) is 1.44. The van der Waals surface area contributed by atoms with Crippen LogP contribution in [0.5, 0.6) is 0 Å². The lowest BCUT2D eigenvalue weighted by atomic mass is 10.2. The average molecular weight is 196 g/mol. The van der Waals surface area contributed by atoms with Crippen LogP contribution in [0, 0.1) is 5.82 Å². The molecule has 0 spiro atoms. The van der Waals surface area contributed by atoms with E-state index in [9.17, 15) is 9.18 Å². The van der Waals surface area contributed by atoms with Crippen LogP contribution in [0.4, 0.5) is 4.39 Å². The summed E-state index contributed by atoms with van der Waals surface area (Å²) >= 11 is 0. The molecule has 0 N–H and O–H groups in total. The highest BCUT2D eigenvalue weighted by atomic mass is 19.1. The van der Waals surface area contributed by atoms with Crippen LogP contribution in [-0.2, 0) is 0 Å². The van der Waals surface area contributed by atoms with Crippen molar-refractivity contribution >= 4 is 5.91 Å². The van der Waals surface area contributed by atoms with E-state index in [1.54, 1.807) is 7.05 Å². The first kappa shape index (κ1) is 10.6. The van der Waals surface area contributed by atoms with Crippen LogP contribution >= 0.6 is 0 Å². The van der Waals surface area contributed by atoms with E-state index in [0.717, 1.165) is 6.20 Å². The van der Waals surface area contributed by atoms with Crippen molar-refractivity contribution in [2.75, 3.05) is 7.05 Å². The maximum Gasteiger partial charge on any atom is 0.256 e. The molecule has 0 aliphatic heterocycles. The smallest absolute Gasteiger partial charge is 0.256 e. The summed E-state index contributed by atoms with van der Waals surface area (Å²) in [4.78, 5) is 16.7. The van der Waals surface area contributed by atoms with Crippen LogP contribution in [0.25, 0.3) is 0 Å². The second-order valence-electron chi connectivity index (χ2n) is 3.37. The number of pyridine rings is 1. The Balaban J connectivity index is 2.95. The number of aromatic nitrogens is 1. The minimum Gasteiger partial charge on any atom is -0.339 e. The van der Waals surface area contributed by atoms with Crippen molar-refractivity contribution in [2.24, 2.45) is 0 Å². The molecule has 1 amide bonds. The molecular weight excluding hydrogens is 183 g/mol. The average Bonchev–Trinajstić information content (AvgIpc) is 2.16. The zero-order valence-electron chi connectivity index (χ0n) is 8.49. The minimum atomic E-state index is -0.579. The van der Waals surface area contributed by atoms with E-state index in [2.05, 4.69) is 4.98 Å². The van der Waals surface area contributed by atoms with Crippen LogP contribution < -0.4 is 0 Å². The van der Waals surface area contributed by atoms with Gasteiger partial charge in [0.1, 0.15) is 0 Å². The summed E-state index contributed by atoms with van der Waals surface area (Å²) in [6.07, 6.45) is 2.45. The fourth-order valence-electron chi connectivity index (χ4n) is 0.973. The monoisotopic (exact) mass is 196 g/mol. The van der Waals surface area contributed by atoms with Gasteiger partial charge < -0.3 is 4.90 Å². The van der Waals surface area contributed by atoms with Gasteiger partial charge in [0.15, 0.2) is 5.82 Å². The number of nitrogens with zero attached hydrogens (tertiary/aromatic N) is 2. The van der Waals surface area contributed by atoms with E-state index in [-0.39, 0.29) is 17.5 Å². The van der Waals surface area contributed by atoms with Crippen LogP contribution in [0.1, 0.15) is 24.2 Å². The van der Waals surface area contributed by atoms with Gasteiger partial charge in [-0.2, -0.15) is 0 Å². The van der Waals surface area contributed by atoms with E-state index >= 15 is 0 Å². The van der Waals surface area contributed by atoms with Crippen molar-refractivity contribution in [3.05, 3.63) is 29.8 Å². The number of carbonyl (C=O) groups excluding carboxylic acids is 1. The zero-order valence-corrected chi connectivity index (χ0v) is 8.49. The van der Waals surface area contributed by atoms with Gasteiger partial charge in [-0.1, -0.05) is 0 Å². The molecule has 14 heavy (non-hydrogen) atoms. The first-order valence-corrected chi connectivity index (χ1v) is 4.40. The molecule has 1 heterocycles. The Morgan fingerprint density at radius 2 is 2.21 bits per heavy atom. The Hall–Kier alpha value is -1.45. The van der Waals surface area contributed by atoms with Gasteiger partial charge in [0, 0.05) is 19.3 Å². The summed E-state index contributed by atoms with van der Waals surface area (Å²) in [7, 11) is 1.65. The molecule has 0 aliphatic rings. The van der Waals surface area contributed by atoms with Crippen molar-refractivity contribution in [1.82, 2.24) is 9.88 Å². The summed E-state index contributed by atoms with van der Waals surface area (Å²) in [5.74, 6) is -0.898. The molecule has 0 saturated heterocycles. The third-order valence-electron chi connectivity index (χ3n) is 2.10. The fourth-order valence-corrected chi connectivity index (χ4v) is 0.973. The van der Waals surface area contributed by atoms with Gasteiger partial charge in [-0.3, -0.25) is 9.78 Å². The highest BCUT2D eigenvalue weighted by Gasteiger charge is 2.17. The lowest BCUT2D eigenvalue weighted by Crippen LogP contribution is -2.33. The van der Waals surface area contributed by atoms with E-state index in [1.165, 1.54) is 17.2 Å². The molecule has 0 aromatic carbocycles. The SMILES string of the molecule is CC(C)N(C)C(=O)c1ccncc1F. The molecule has 0 aliphatic carbocycles. The van der Waals surface area contributed by atoms with E-state index in [4.69, 9.17) is 0 Å². The Kier molecular flexibility index (Phi) is 3.17. The molecule has 0 bridgehead atoms. The van der Waals surface area contributed by atoms with E-state index < -0.39 is 5.82 Å². The van der Waals surface area contributed by atoms with Gasteiger partial charge in [-0.05, 0) is 19.9 Å². The third kappa shape index (κ3) is 2.07. The fraction of sp³-hybridized carbons (Fsp3) is 0.400. The molecular formula is C10H13FN2O. The van der Waals surface area contributed by atoms with Gasteiger partial charge in [0.05, 0.1) is 11.8 Å². The normalized spacial score (nSPS) is 10.4. The largest absolute Gasteiger partial charge is 0.339 e. The summed E-state index contributed by atoms with van der Waals surface area (Å²) in [5.41, 5.74) is 0.0659. The van der Waals surface area contributed by atoms with Crippen molar-refractivity contribution in [2.45, 2.75) is 19.9 Å². The quantitative estimate of drug-likeness (QED) is 0.721. The number of hydrogen-bond donors (Lipinski definition) is 0. The van der Waals surface area contributed by atoms with Crippen LogP contribution in [0.2, 0.25) is 0 Å². The Morgan fingerprint density at radius 3 is 2.71 bits per heavy atom. The predicted molar refractivity (Wildman–Crippen MR) is 51.4 cm³/mol. The van der Waals surface area contributed by atoms with Gasteiger partial charge in [0.25, 0.3) is 5.91 Å². The van der Waals surface area contributed by atoms with Crippen molar-refractivity contribution in [3.8, 4) is 0 Å². The standard InChI is InChI=1S/C10H13FN2O/c1-7(2)13(3)10(14)8-4-5-12-6-9(8)11/h4-7H,1-3H3. The van der Waals surface area contributed by atoms with E-state index in [1.807, 2.05) is 13.8 Å². The Morgan fingerprint density at radius 1 is 1.57 bits per heavy atom.